The lowest BCUT2D eigenvalue weighted by atomic mass is 10.2. The molecule has 0 aromatic rings. The molecule has 300 valence electrons. The van der Waals surface area contributed by atoms with Gasteiger partial charge in [-0.2, -0.15) is 0 Å². The number of nitrogens with zero attached hydrogens (tertiary/aromatic N) is 3. The Bertz CT molecular complexity index is 912. The minimum Gasteiger partial charge on any atom is -0.461 e. The number of carbonyl (C=O) groups is 5. The van der Waals surface area contributed by atoms with E-state index in [0.29, 0.717) is 58.3 Å². The summed E-state index contributed by atoms with van der Waals surface area (Å²) in [5.41, 5.74) is 0. The molecule has 0 aromatic carbocycles. The first-order valence-electron chi connectivity index (χ1n) is 19.1. The largest absolute Gasteiger partial charge is 0.461 e. The van der Waals surface area contributed by atoms with Crippen LogP contribution >= 0.6 is 0 Å². The van der Waals surface area contributed by atoms with Crippen molar-refractivity contribution in [2.75, 3.05) is 66.0 Å². The molecule has 13 heteroatoms. The smallest absolute Gasteiger partial charge is 0.305 e. The maximum atomic E-state index is 12.0. The molecule has 0 aromatic heterocycles. The third kappa shape index (κ3) is 29.6. The monoisotopic (exact) mass is 732 g/mol. The topological polar surface area (TPSA) is 141 Å². The van der Waals surface area contributed by atoms with E-state index in [2.05, 4.69) is 14.7 Å². The Kier molecular flexibility index (Phi) is 31.8. The molecule has 0 bridgehead atoms. The number of esters is 4. The van der Waals surface area contributed by atoms with Crippen LogP contribution in [0, 0.1) is 0 Å². The van der Waals surface area contributed by atoms with Crippen LogP contribution in [-0.4, -0.2) is 141 Å². The highest BCUT2D eigenvalue weighted by atomic mass is 16.6. The average Bonchev–Trinajstić information content (AvgIpc) is 3.08. The molecule has 0 spiro atoms. The molecule has 0 saturated heterocycles. The number of hydrogen-bond donors (Lipinski definition) is 0. The lowest BCUT2D eigenvalue weighted by Gasteiger charge is -2.30. The van der Waals surface area contributed by atoms with Crippen LogP contribution in [0.15, 0.2) is 0 Å². The van der Waals surface area contributed by atoms with Crippen LogP contribution in [-0.2, 0) is 47.7 Å². The summed E-state index contributed by atoms with van der Waals surface area (Å²) in [6.07, 6.45) is 4.56. The average molecular weight is 732 g/mol. The highest BCUT2D eigenvalue weighted by Gasteiger charge is 2.20. The van der Waals surface area contributed by atoms with Gasteiger partial charge in [-0.25, -0.2) is 0 Å². The molecule has 5 atom stereocenters. The summed E-state index contributed by atoms with van der Waals surface area (Å²) in [5.74, 6) is -0.879. The fourth-order valence-electron chi connectivity index (χ4n) is 5.27. The van der Waals surface area contributed by atoms with Crippen molar-refractivity contribution >= 4 is 30.2 Å². The number of aldehydes is 1. The van der Waals surface area contributed by atoms with Crippen LogP contribution in [0.25, 0.3) is 0 Å². The molecule has 0 N–H and O–H groups in total. The summed E-state index contributed by atoms with van der Waals surface area (Å²) >= 11 is 0. The van der Waals surface area contributed by atoms with Crippen molar-refractivity contribution in [3.8, 4) is 0 Å². The van der Waals surface area contributed by atoms with Crippen molar-refractivity contribution in [1.82, 2.24) is 14.7 Å². The summed E-state index contributed by atoms with van der Waals surface area (Å²) in [5, 5.41) is 0. The van der Waals surface area contributed by atoms with Crippen molar-refractivity contribution < 1.29 is 47.7 Å². The van der Waals surface area contributed by atoms with E-state index in [1.807, 2.05) is 41.5 Å². The zero-order valence-corrected chi connectivity index (χ0v) is 33.9. The summed E-state index contributed by atoms with van der Waals surface area (Å²) < 4.78 is 27.6. The van der Waals surface area contributed by atoms with Crippen molar-refractivity contribution in [2.24, 2.45) is 0 Å². The minimum absolute atomic E-state index is 0.0398. The van der Waals surface area contributed by atoms with E-state index >= 15 is 0 Å². The van der Waals surface area contributed by atoms with Crippen molar-refractivity contribution in [3.05, 3.63) is 0 Å². The van der Waals surface area contributed by atoms with Crippen LogP contribution < -0.4 is 0 Å². The van der Waals surface area contributed by atoms with Gasteiger partial charge in [-0.05, 0) is 80.1 Å². The van der Waals surface area contributed by atoms with Crippen LogP contribution in [0.1, 0.15) is 121 Å². The first-order valence-corrected chi connectivity index (χ1v) is 19.1. The molecule has 0 aliphatic carbocycles. The van der Waals surface area contributed by atoms with Gasteiger partial charge in [0.2, 0.25) is 0 Å². The van der Waals surface area contributed by atoms with E-state index in [1.54, 1.807) is 34.8 Å². The molecular weight excluding hydrogens is 658 g/mol. The lowest BCUT2D eigenvalue weighted by Crippen LogP contribution is -2.41. The molecule has 0 heterocycles. The number of ether oxygens (including phenoxy) is 5. The maximum Gasteiger partial charge on any atom is 0.305 e. The Hall–Kier alpha value is -2.61. The molecular formula is C38H73N3O10. The summed E-state index contributed by atoms with van der Waals surface area (Å²) in [7, 11) is 1.70. The Morgan fingerprint density at radius 3 is 1.02 bits per heavy atom. The number of methoxy groups -OCH3 is 1. The lowest BCUT2D eigenvalue weighted by molar-refractivity contribution is -0.151. The third-order valence-electron chi connectivity index (χ3n) is 7.78. The molecule has 0 amide bonds. The van der Waals surface area contributed by atoms with Gasteiger partial charge in [0.25, 0.3) is 0 Å². The highest BCUT2D eigenvalue weighted by molar-refractivity contribution is 5.70. The van der Waals surface area contributed by atoms with Gasteiger partial charge in [0, 0.05) is 71.9 Å². The summed E-state index contributed by atoms with van der Waals surface area (Å²) in [4.78, 5) is 63.5. The zero-order chi connectivity index (χ0) is 39.2. The van der Waals surface area contributed by atoms with Crippen LogP contribution in [0.5, 0.6) is 0 Å². The third-order valence-corrected chi connectivity index (χ3v) is 7.78. The second kappa shape index (κ2) is 32.1. The predicted octanol–water partition coefficient (Wildman–Crippen LogP) is 5.06. The molecule has 13 nitrogen and oxygen atoms in total. The number of hydrogen-bond acceptors (Lipinski definition) is 13. The second-order valence-electron chi connectivity index (χ2n) is 13.1. The molecule has 0 aliphatic rings. The van der Waals surface area contributed by atoms with E-state index in [4.69, 9.17) is 23.7 Å². The summed E-state index contributed by atoms with van der Waals surface area (Å²) in [6.45, 7) is 24.9. The molecule has 0 fully saturated rings. The van der Waals surface area contributed by atoms with Gasteiger partial charge < -0.3 is 28.5 Å². The van der Waals surface area contributed by atoms with Gasteiger partial charge in [0.15, 0.2) is 0 Å². The normalized spacial score (nSPS) is 14.2. The van der Waals surface area contributed by atoms with Gasteiger partial charge in [0.1, 0.15) is 30.7 Å². The molecule has 0 rings (SSSR count). The standard InChI is InChI=1S/C35H67N3O9.C3H6O/c1-11-32(39)44-28(6)23-36(20-17-21-38(22-27(5)43-10)26-31(9)47-35(42)14-4)18-15-16-19-37(24-29(7)45-33(40)12-2)25-30(8)46-34(41)13-3;1-2-3-4/h27-31H,11-26H2,1-10H3;3H,2H2,1H3. The Labute approximate surface area is 309 Å². The Morgan fingerprint density at radius 2 is 0.725 bits per heavy atom. The van der Waals surface area contributed by atoms with Gasteiger partial charge in [-0.1, -0.05) is 34.6 Å². The number of rotatable bonds is 29. The zero-order valence-electron chi connectivity index (χ0n) is 33.9. The summed E-state index contributed by atoms with van der Waals surface area (Å²) in [6, 6.07) is 0. The predicted molar refractivity (Wildman–Crippen MR) is 199 cm³/mol. The van der Waals surface area contributed by atoms with Gasteiger partial charge in [-0.15, -0.1) is 0 Å². The Morgan fingerprint density at radius 1 is 0.471 bits per heavy atom. The molecule has 0 saturated carbocycles. The SMILES string of the molecule is CCC(=O)OC(C)CN(CCCCN(CC(C)OC(=O)CC)CC(C)OC(=O)CC)CCCN(CC(C)OC)CC(C)OC(=O)CC.CCC=O. The quantitative estimate of drug-likeness (QED) is 0.0439. The van der Waals surface area contributed by atoms with Crippen molar-refractivity contribution in [3.63, 3.8) is 0 Å². The van der Waals surface area contributed by atoms with E-state index in [1.165, 1.54) is 0 Å². The van der Waals surface area contributed by atoms with E-state index < -0.39 is 0 Å². The fourth-order valence-corrected chi connectivity index (χ4v) is 5.27. The van der Waals surface area contributed by atoms with Gasteiger partial charge in [0.05, 0.1) is 6.10 Å². The van der Waals surface area contributed by atoms with Crippen molar-refractivity contribution in [1.29, 1.82) is 0 Å². The first-order chi connectivity index (χ1) is 24.2. The van der Waals surface area contributed by atoms with Crippen LogP contribution in [0.4, 0.5) is 0 Å². The van der Waals surface area contributed by atoms with E-state index in [0.717, 1.165) is 58.3 Å². The molecule has 51 heavy (non-hydrogen) atoms. The van der Waals surface area contributed by atoms with Crippen LogP contribution in [0.2, 0.25) is 0 Å². The molecule has 5 unspecified atom stereocenters. The minimum atomic E-state index is -0.279. The van der Waals surface area contributed by atoms with Crippen LogP contribution in [0.3, 0.4) is 0 Å². The van der Waals surface area contributed by atoms with Gasteiger partial charge >= 0.3 is 23.9 Å². The fraction of sp³-hybridized carbons (Fsp3) is 0.868. The number of unbranched alkanes of at least 4 members (excludes halogenated alkanes) is 1. The van der Waals surface area contributed by atoms with Gasteiger partial charge in [-0.3, -0.25) is 33.9 Å². The maximum absolute atomic E-state index is 12.0. The first kappa shape index (κ1) is 50.5. The number of carbonyl (C=O) groups excluding carboxylic acids is 5. The van der Waals surface area contributed by atoms with E-state index in [-0.39, 0.29) is 54.4 Å². The highest BCUT2D eigenvalue weighted by Crippen LogP contribution is 2.10. The molecule has 0 aliphatic heterocycles. The van der Waals surface area contributed by atoms with Crippen molar-refractivity contribution in [2.45, 2.75) is 151 Å². The Balaban J connectivity index is 0. The van der Waals surface area contributed by atoms with E-state index in [9.17, 15) is 24.0 Å². The molecule has 0 radical (unpaired) electrons. The second-order valence-corrected chi connectivity index (χ2v) is 13.1.